The topological polar surface area (TPSA) is 66.5 Å². The molecule has 1 amide bonds. The number of carbonyl (C=O) groups excluding carboxylic acids is 1. The molecule has 0 fully saturated rings. The number of halogens is 1. The molecule has 0 aliphatic rings. The van der Waals surface area contributed by atoms with Crippen LogP contribution in [-0.2, 0) is 14.8 Å². The lowest BCUT2D eigenvalue weighted by Crippen LogP contribution is -2.35. The van der Waals surface area contributed by atoms with Gasteiger partial charge in [0.25, 0.3) is 0 Å². The quantitative estimate of drug-likeness (QED) is 0.887. The minimum atomic E-state index is -3.81. The Morgan fingerprint density at radius 2 is 1.72 bits per heavy atom. The molecule has 0 saturated carbocycles. The summed E-state index contributed by atoms with van der Waals surface area (Å²) in [5.41, 5.74) is 2.52. The summed E-state index contributed by atoms with van der Waals surface area (Å²) in [6.07, 6.45) is 0. The lowest BCUT2D eigenvalue weighted by molar-refractivity contribution is -0.116. The fourth-order valence-corrected chi connectivity index (χ4v) is 4.31. The Morgan fingerprint density at radius 1 is 1.12 bits per heavy atom. The largest absolute Gasteiger partial charge is 0.325 e. The fourth-order valence-electron chi connectivity index (χ4n) is 2.78. The van der Waals surface area contributed by atoms with Crippen molar-refractivity contribution in [3.05, 3.63) is 58.9 Å². The number of carbonyl (C=O) groups is 1. The summed E-state index contributed by atoms with van der Waals surface area (Å²) in [6.45, 7) is 4.99. The molecule has 0 bridgehead atoms. The van der Waals surface area contributed by atoms with E-state index in [-0.39, 0.29) is 17.1 Å². The number of sulfonamides is 1. The Hall–Kier alpha value is -2.25. The minimum Gasteiger partial charge on any atom is -0.325 e. The molecule has 7 heteroatoms. The molecule has 5 nitrogen and oxygen atoms in total. The summed E-state index contributed by atoms with van der Waals surface area (Å²) in [7, 11) is -2.47. The first kappa shape index (κ1) is 19.1. The van der Waals surface area contributed by atoms with Gasteiger partial charge in [-0.25, -0.2) is 12.8 Å². The summed E-state index contributed by atoms with van der Waals surface area (Å²) in [5, 5.41) is 2.49. The highest BCUT2D eigenvalue weighted by Gasteiger charge is 2.26. The highest BCUT2D eigenvalue weighted by Crippen LogP contribution is 2.24. The second-order valence-electron chi connectivity index (χ2n) is 6.05. The van der Waals surface area contributed by atoms with Gasteiger partial charge in [-0.15, -0.1) is 0 Å². The van der Waals surface area contributed by atoms with Crippen molar-refractivity contribution in [3.8, 4) is 0 Å². The van der Waals surface area contributed by atoms with Gasteiger partial charge < -0.3 is 5.32 Å². The van der Waals surface area contributed by atoms with Gasteiger partial charge in [0.05, 0.1) is 11.4 Å². The summed E-state index contributed by atoms with van der Waals surface area (Å²) in [4.78, 5) is 12.3. The number of hydrogen-bond acceptors (Lipinski definition) is 3. The molecule has 0 atom stereocenters. The van der Waals surface area contributed by atoms with Crippen molar-refractivity contribution < 1.29 is 17.6 Å². The average molecular weight is 364 g/mol. The molecule has 2 aromatic carbocycles. The highest BCUT2D eigenvalue weighted by molar-refractivity contribution is 7.89. The van der Waals surface area contributed by atoms with E-state index in [1.807, 2.05) is 6.92 Å². The molecule has 25 heavy (non-hydrogen) atoms. The summed E-state index contributed by atoms with van der Waals surface area (Å²) >= 11 is 0. The predicted molar refractivity (Wildman–Crippen MR) is 95.5 cm³/mol. The standard InChI is InChI=1S/C18H21FN2O3S/c1-12-8-13(2)18(14(3)9-12)25(23,24)21(4)11-17(22)20-16-7-5-6-15(19)10-16/h5-10H,11H2,1-4H3,(H,20,22). The van der Waals surface area contributed by atoms with Crippen molar-refractivity contribution in [2.45, 2.75) is 25.7 Å². The molecule has 2 aromatic rings. The Bertz CT molecular complexity index is 887. The average Bonchev–Trinajstić information content (AvgIpc) is 2.45. The maximum atomic E-state index is 13.2. The zero-order valence-corrected chi connectivity index (χ0v) is 15.4. The Morgan fingerprint density at radius 3 is 2.28 bits per heavy atom. The van der Waals surface area contributed by atoms with Gasteiger partial charge >= 0.3 is 0 Å². The first-order valence-electron chi connectivity index (χ1n) is 7.71. The van der Waals surface area contributed by atoms with Gasteiger partial charge in [-0.2, -0.15) is 4.31 Å². The van der Waals surface area contributed by atoms with Crippen molar-refractivity contribution in [1.29, 1.82) is 0 Å². The third-order valence-electron chi connectivity index (χ3n) is 3.75. The monoisotopic (exact) mass is 364 g/mol. The number of hydrogen-bond donors (Lipinski definition) is 1. The number of benzene rings is 2. The molecule has 0 heterocycles. The van der Waals surface area contributed by atoms with Crippen LogP contribution in [0.4, 0.5) is 10.1 Å². The molecule has 0 unspecified atom stereocenters. The van der Waals surface area contributed by atoms with E-state index in [1.165, 1.54) is 31.3 Å². The van der Waals surface area contributed by atoms with Crippen molar-refractivity contribution in [1.82, 2.24) is 4.31 Å². The van der Waals surface area contributed by atoms with Crippen LogP contribution in [0.3, 0.4) is 0 Å². The maximum Gasteiger partial charge on any atom is 0.243 e. The van der Waals surface area contributed by atoms with Gasteiger partial charge in [0.1, 0.15) is 5.82 Å². The minimum absolute atomic E-state index is 0.208. The lowest BCUT2D eigenvalue weighted by atomic mass is 10.1. The number of likely N-dealkylation sites (N-methyl/N-ethyl adjacent to an activating group) is 1. The summed E-state index contributed by atoms with van der Waals surface area (Å²) in [5.74, 6) is -1.02. The van der Waals surface area contributed by atoms with Gasteiger partial charge in [0.2, 0.25) is 15.9 Å². The lowest BCUT2D eigenvalue weighted by Gasteiger charge is -2.20. The first-order chi connectivity index (χ1) is 11.6. The molecule has 2 rings (SSSR count). The van der Waals surface area contributed by atoms with E-state index >= 15 is 0 Å². The van der Waals surface area contributed by atoms with Gasteiger partial charge in [-0.1, -0.05) is 23.8 Å². The zero-order valence-electron chi connectivity index (χ0n) is 14.6. The van der Waals surface area contributed by atoms with Crippen LogP contribution in [0.1, 0.15) is 16.7 Å². The van der Waals surface area contributed by atoms with Crippen molar-refractivity contribution in [2.75, 3.05) is 18.9 Å². The Kier molecular flexibility index (Phi) is 5.59. The SMILES string of the molecule is Cc1cc(C)c(S(=O)(=O)N(C)CC(=O)Nc2cccc(F)c2)c(C)c1. The Balaban J connectivity index is 2.19. The number of rotatable bonds is 5. The van der Waals surface area contributed by atoms with Gasteiger partial charge in [0.15, 0.2) is 0 Å². The van der Waals surface area contributed by atoms with Crippen LogP contribution in [0.25, 0.3) is 0 Å². The molecule has 0 aromatic heterocycles. The third kappa shape index (κ3) is 4.43. The van der Waals surface area contributed by atoms with E-state index in [9.17, 15) is 17.6 Å². The second-order valence-corrected chi connectivity index (χ2v) is 8.03. The fraction of sp³-hybridized carbons (Fsp3) is 0.278. The molecule has 0 aliphatic heterocycles. The number of anilines is 1. The predicted octanol–water partition coefficient (Wildman–Crippen LogP) is 3.01. The van der Waals surface area contributed by atoms with Crippen LogP contribution >= 0.6 is 0 Å². The smallest absolute Gasteiger partial charge is 0.243 e. The molecule has 0 aliphatic carbocycles. The summed E-state index contributed by atoms with van der Waals surface area (Å²) < 4.78 is 39.8. The van der Waals surface area contributed by atoms with E-state index in [1.54, 1.807) is 26.0 Å². The van der Waals surface area contributed by atoms with E-state index in [0.29, 0.717) is 11.1 Å². The number of amides is 1. The maximum absolute atomic E-state index is 13.2. The van der Waals surface area contributed by atoms with Crippen molar-refractivity contribution in [2.24, 2.45) is 0 Å². The van der Waals surface area contributed by atoms with Crippen LogP contribution in [-0.4, -0.2) is 32.2 Å². The van der Waals surface area contributed by atoms with Gasteiger partial charge in [0, 0.05) is 12.7 Å². The Labute approximate surface area is 147 Å². The van der Waals surface area contributed by atoms with Crippen LogP contribution in [0, 0.1) is 26.6 Å². The molecular weight excluding hydrogens is 343 g/mol. The highest BCUT2D eigenvalue weighted by atomic mass is 32.2. The van der Waals surface area contributed by atoms with E-state index < -0.39 is 21.7 Å². The molecule has 1 N–H and O–H groups in total. The third-order valence-corrected chi connectivity index (χ3v) is 5.86. The van der Waals surface area contributed by atoms with Gasteiger partial charge in [-0.05, 0) is 50.1 Å². The zero-order chi connectivity index (χ0) is 18.8. The van der Waals surface area contributed by atoms with Crippen LogP contribution in [0.2, 0.25) is 0 Å². The molecule has 0 radical (unpaired) electrons. The number of nitrogens with one attached hydrogen (secondary N) is 1. The molecule has 0 saturated heterocycles. The molecular formula is C18H21FN2O3S. The van der Waals surface area contributed by atoms with Crippen LogP contribution in [0.15, 0.2) is 41.3 Å². The number of nitrogens with zero attached hydrogens (tertiary/aromatic N) is 1. The van der Waals surface area contributed by atoms with Crippen LogP contribution in [0.5, 0.6) is 0 Å². The second kappa shape index (κ2) is 7.33. The van der Waals surface area contributed by atoms with E-state index in [4.69, 9.17) is 0 Å². The van der Waals surface area contributed by atoms with Gasteiger partial charge in [-0.3, -0.25) is 4.79 Å². The molecule has 0 spiro atoms. The summed E-state index contributed by atoms with van der Waals surface area (Å²) in [6, 6.07) is 9.01. The van der Waals surface area contributed by atoms with Crippen molar-refractivity contribution >= 4 is 21.6 Å². The van der Waals surface area contributed by atoms with E-state index in [0.717, 1.165) is 9.87 Å². The van der Waals surface area contributed by atoms with E-state index in [2.05, 4.69) is 5.32 Å². The normalized spacial score (nSPS) is 11.6. The van der Waals surface area contributed by atoms with Crippen LogP contribution < -0.4 is 5.32 Å². The first-order valence-corrected chi connectivity index (χ1v) is 9.15. The molecule has 134 valence electrons. The number of aryl methyl sites for hydroxylation is 3. The van der Waals surface area contributed by atoms with Crippen molar-refractivity contribution in [3.63, 3.8) is 0 Å².